The monoisotopic (exact) mass is 395 g/mol. The van der Waals surface area contributed by atoms with Crippen LogP contribution in [0.25, 0.3) is 0 Å². The first-order valence-corrected chi connectivity index (χ1v) is 8.65. The van der Waals surface area contributed by atoms with Crippen molar-refractivity contribution in [3.05, 3.63) is 100 Å². The summed E-state index contributed by atoms with van der Waals surface area (Å²) < 4.78 is 12.8. The molecule has 0 fully saturated rings. The van der Waals surface area contributed by atoms with Crippen LogP contribution < -0.4 is 10.7 Å². The average molecular weight is 396 g/mol. The van der Waals surface area contributed by atoms with Gasteiger partial charge in [-0.05, 0) is 54.1 Å². The summed E-state index contributed by atoms with van der Waals surface area (Å²) in [6.07, 6.45) is 1.41. The van der Waals surface area contributed by atoms with Crippen LogP contribution in [-0.2, 0) is 0 Å². The first-order chi connectivity index (χ1) is 13.5. The highest BCUT2D eigenvalue weighted by Crippen LogP contribution is 2.17. The number of nitrogens with one attached hydrogen (secondary N) is 2. The number of anilines is 1. The molecule has 0 aromatic heterocycles. The smallest absolute Gasteiger partial charge is 0.271 e. The maximum absolute atomic E-state index is 12.8. The molecule has 0 saturated carbocycles. The van der Waals surface area contributed by atoms with E-state index in [0.717, 1.165) is 0 Å². The lowest BCUT2D eigenvalue weighted by Crippen LogP contribution is -2.18. The van der Waals surface area contributed by atoms with Gasteiger partial charge in [-0.3, -0.25) is 9.59 Å². The van der Waals surface area contributed by atoms with Crippen LogP contribution in [0.15, 0.2) is 77.9 Å². The molecule has 0 unspecified atom stereocenters. The van der Waals surface area contributed by atoms with Crippen LogP contribution in [-0.4, -0.2) is 18.0 Å². The van der Waals surface area contributed by atoms with Gasteiger partial charge in [-0.1, -0.05) is 35.9 Å². The van der Waals surface area contributed by atoms with E-state index >= 15 is 0 Å². The molecule has 0 atom stereocenters. The van der Waals surface area contributed by atoms with E-state index in [2.05, 4.69) is 15.8 Å². The predicted molar refractivity (Wildman–Crippen MR) is 107 cm³/mol. The van der Waals surface area contributed by atoms with Crippen molar-refractivity contribution in [2.75, 3.05) is 5.32 Å². The minimum atomic E-state index is -0.414. The fraction of sp³-hybridized carbons (Fsp3) is 0. The van der Waals surface area contributed by atoms with Crippen molar-refractivity contribution >= 4 is 35.3 Å². The van der Waals surface area contributed by atoms with Gasteiger partial charge < -0.3 is 5.32 Å². The Hall–Kier alpha value is -3.51. The van der Waals surface area contributed by atoms with Crippen molar-refractivity contribution in [3.63, 3.8) is 0 Å². The first-order valence-electron chi connectivity index (χ1n) is 8.28. The Labute approximate surface area is 165 Å². The van der Waals surface area contributed by atoms with Crippen LogP contribution in [0.2, 0.25) is 5.02 Å². The summed E-state index contributed by atoms with van der Waals surface area (Å²) in [6, 6.07) is 18.7. The zero-order valence-electron chi connectivity index (χ0n) is 14.5. The zero-order chi connectivity index (χ0) is 19.9. The molecular weight excluding hydrogens is 381 g/mol. The number of carbonyl (C=O) groups excluding carboxylic acids is 2. The third-order valence-electron chi connectivity index (χ3n) is 3.77. The van der Waals surface area contributed by atoms with E-state index in [0.29, 0.717) is 27.4 Å². The van der Waals surface area contributed by atoms with Crippen LogP contribution in [0.1, 0.15) is 26.3 Å². The lowest BCUT2D eigenvalue weighted by Gasteiger charge is -2.07. The normalized spacial score (nSPS) is 10.6. The van der Waals surface area contributed by atoms with Crippen LogP contribution >= 0.6 is 11.6 Å². The van der Waals surface area contributed by atoms with E-state index in [1.54, 1.807) is 60.7 Å². The number of carbonyl (C=O) groups is 2. The summed E-state index contributed by atoms with van der Waals surface area (Å²) in [5.74, 6) is -1.10. The summed E-state index contributed by atoms with van der Waals surface area (Å²) in [4.78, 5) is 24.3. The van der Waals surface area contributed by atoms with Crippen LogP contribution in [0.3, 0.4) is 0 Å². The minimum absolute atomic E-state index is 0.341. The molecular formula is C21H15ClFN3O2. The number of nitrogens with zero attached hydrogens (tertiary/aromatic N) is 1. The molecule has 5 nitrogen and oxygen atoms in total. The Morgan fingerprint density at radius 1 is 0.893 bits per heavy atom. The van der Waals surface area contributed by atoms with Crippen molar-refractivity contribution in [2.45, 2.75) is 0 Å². The molecule has 3 rings (SSSR count). The van der Waals surface area contributed by atoms with Crippen LogP contribution in [0.4, 0.5) is 10.1 Å². The highest BCUT2D eigenvalue weighted by Gasteiger charge is 2.10. The maximum atomic E-state index is 12.8. The lowest BCUT2D eigenvalue weighted by atomic mass is 10.1. The van der Waals surface area contributed by atoms with Gasteiger partial charge in [0.05, 0.1) is 16.8 Å². The van der Waals surface area contributed by atoms with Crippen molar-refractivity contribution in [1.82, 2.24) is 5.43 Å². The molecule has 3 aromatic carbocycles. The second-order valence-electron chi connectivity index (χ2n) is 5.76. The van der Waals surface area contributed by atoms with Gasteiger partial charge in [-0.15, -0.1) is 0 Å². The number of hydrogen-bond donors (Lipinski definition) is 2. The van der Waals surface area contributed by atoms with Gasteiger partial charge in [0.1, 0.15) is 5.82 Å². The number of hydrogen-bond acceptors (Lipinski definition) is 3. The molecule has 3 aromatic rings. The number of halogens is 2. The fourth-order valence-corrected chi connectivity index (χ4v) is 2.55. The molecule has 0 aliphatic rings. The second kappa shape index (κ2) is 8.92. The molecule has 0 radical (unpaired) electrons. The highest BCUT2D eigenvalue weighted by atomic mass is 35.5. The Balaban J connectivity index is 1.59. The van der Waals surface area contributed by atoms with Crippen molar-refractivity contribution in [2.24, 2.45) is 5.10 Å². The Kier molecular flexibility index (Phi) is 6.14. The minimum Gasteiger partial charge on any atom is -0.322 e. The molecule has 0 spiro atoms. The molecule has 28 heavy (non-hydrogen) atoms. The van der Waals surface area contributed by atoms with Gasteiger partial charge in [0.25, 0.3) is 11.8 Å². The van der Waals surface area contributed by atoms with E-state index in [4.69, 9.17) is 11.6 Å². The number of amides is 2. The molecule has 140 valence electrons. The third kappa shape index (κ3) is 5.02. The molecule has 0 aliphatic carbocycles. The Bertz CT molecular complexity index is 1020. The van der Waals surface area contributed by atoms with Gasteiger partial charge in [0.2, 0.25) is 0 Å². The molecule has 0 saturated heterocycles. The Morgan fingerprint density at radius 3 is 2.25 bits per heavy atom. The third-order valence-corrected chi connectivity index (χ3v) is 4.10. The average Bonchev–Trinajstić information content (AvgIpc) is 2.70. The standard InChI is InChI=1S/C21H15ClFN3O2/c22-19-4-2-1-3-18(19)21(28)25-17-11-7-15(8-12-17)20(27)26-24-13-14-5-9-16(23)10-6-14/h1-13H,(H,25,28)(H,26,27)/b24-13-. The van der Waals surface area contributed by atoms with E-state index in [9.17, 15) is 14.0 Å². The Morgan fingerprint density at radius 2 is 1.57 bits per heavy atom. The summed E-state index contributed by atoms with van der Waals surface area (Å²) in [7, 11) is 0. The zero-order valence-corrected chi connectivity index (χ0v) is 15.3. The largest absolute Gasteiger partial charge is 0.322 e. The first kappa shape index (κ1) is 19.3. The molecule has 7 heteroatoms. The molecule has 2 N–H and O–H groups in total. The van der Waals surface area contributed by atoms with E-state index < -0.39 is 5.91 Å². The molecule has 0 bridgehead atoms. The number of hydrazone groups is 1. The van der Waals surface area contributed by atoms with Gasteiger partial charge in [0.15, 0.2) is 0 Å². The predicted octanol–water partition coefficient (Wildman–Crippen LogP) is 4.50. The number of rotatable bonds is 5. The SMILES string of the molecule is O=C(N/N=C\c1ccc(F)cc1)c1ccc(NC(=O)c2ccccc2Cl)cc1. The fourth-order valence-electron chi connectivity index (χ4n) is 2.33. The quantitative estimate of drug-likeness (QED) is 0.493. The van der Waals surface area contributed by atoms with Crippen LogP contribution in [0, 0.1) is 5.82 Å². The summed E-state index contributed by atoms with van der Waals surface area (Å²) in [5, 5.41) is 6.91. The topological polar surface area (TPSA) is 70.6 Å². The van der Waals surface area contributed by atoms with E-state index in [1.807, 2.05) is 0 Å². The van der Waals surface area contributed by atoms with Gasteiger partial charge in [-0.2, -0.15) is 5.10 Å². The van der Waals surface area contributed by atoms with E-state index in [-0.39, 0.29) is 11.7 Å². The second-order valence-corrected chi connectivity index (χ2v) is 6.17. The summed E-state index contributed by atoms with van der Waals surface area (Å²) in [5.41, 5.74) is 4.29. The van der Waals surface area contributed by atoms with Gasteiger partial charge in [0, 0.05) is 11.3 Å². The lowest BCUT2D eigenvalue weighted by molar-refractivity contribution is 0.0954. The molecule has 2 amide bonds. The van der Waals surface area contributed by atoms with Crippen molar-refractivity contribution in [1.29, 1.82) is 0 Å². The van der Waals surface area contributed by atoms with Crippen molar-refractivity contribution in [3.8, 4) is 0 Å². The highest BCUT2D eigenvalue weighted by molar-refractivity contribution is 6.34. The molecule has 0 aliphatic heterocycles. The maximum Gasteiger partial charge on any atom is 0.271 e. The van der Waals surface area contributed by atoms with Gasteiger partial charge >= 0.3 is 0 Å². The van der Waals surface area contributed by atoms with Gasteiger partial charge in [-0.25, -0.2) is 9.82 Å². The van der Waals surface area contributed by atoms with Crippen molar-refractivity contribution < 1.29 is 14.0 Å². The summed E-state index contributed by atoms with van der Waals surface area (Å²) in [6.45, 7) is 0. The summed E-state index contributed by atoms with van der Waals surface area (Å²) >= 11 is 6.01. The van der Waals surface area contributed by atoms with Crippen LogP contribution in [0.5, 0.6) is 0 Å². The van der Waals surface area contributed by atoms with E-state index in [1.165, 1.54) is 18.3 Å². The number of benzene rings is 3. The molecule has 0 heterocycles.